The van der Waals surface area contributed by atoms with Crippen molar-refractivity contribution >= 4 is 21.6 Å². The molecule has 8 nitrogen and oxygen atoms in total. The standard InChI is InChI=1S/C18H25N5O3S/c1-18(2,3)15-12-23-16(19-15)7-6-14(20-23)17(24)21-8-10-22(11-9-21)27(25,26)13-4-5-13/h6-7,12-13H,4-5,8-11H2,1-3H3. The van der Waals surface area contributed by atoms with E-state index >= 15 is 0 Å². The molecule has 1 amide bonds. The summed E-state index contributed by atoms with van der Waals surface area (Å²) in [7, 11) is -3.18. The normalized spacial score (nSPS) is 19.6. The number of carbonyl (C=O) groups is 1. The molecule has 0 radical (unpaired) electrons. The van der Waals surface area contributed by atoms with Crippen LogP contribution >= 0.6 is 0 Å². The van der Waals surface area contributed by atoms with Gasteiger partial charge in [0, 0.05) is 31.6 Å². The Morgan fingerprint density at radius 2 is 1.78 bits per heavy atom. The molecular weight excluding hydrogens is 366 g/mol. The average molecular weight is 391 g/mol. The summed E-state index contributed by atoms with van der Waals surface area (Å²) >= 11 is 0. The van der Waals surface area contributed by atoms with Crippen LogP contribution in [0.4, 0.5) is 0 Å². The van der Waals surface area contributed by atoms with Gasteiger partial charge in [-0.05, 0) is 25.0 Å². The molecule has 0 unspecified atom stereocenters. The highest BCUT2D eigenvalue weighted by Gasteiger charge is 2.41. The zero-order chi connectivity index (χ0) is 19.4. The van der Waals surface area contributed by atoms with Crippen LogP contribution in [0.2, 0.25) is 0 Å². The molecule has 1 saturated carbocycles. The van der Waals surface area contributed by atoms with E-state index in [0.29, 0.717) is 37.5 Å². The van der Waals surface area contributed by atoms with E-state index in [9.17, 15) is 13.2 Å². The number of carbonyl (C=O) groups excluding carboxylic acids is 1. The first kappa shape index (κ1) is 18.4. The molecule has 1 aliphatic heterocycles. The quantitative estimate of drug-likeness (QED) is 0.786. The van der Waals surface area contributed by atoms with Gasteiger partial charge in [0.25, 0.3) is 5.91 Å². The number of hydrogen-bond donors (Lipinski definition) is 0. The lowest BCUT2D eigenvalue weighted by Gasteiger charge is -2.33. The highest BCUT2D eigenvalue weighted by atomic mass is 32.2. The minimum Gasteiger partial charge on any atom is -0.335 e. The number of fused-ring (bicyclic) bond motifs is 1. The third kappa shape index (κ3) is 3.45. The molecule has 0 bridgehead atoms. The number of aromatic nitrogens is 3. The second-order valence-electron chi connectivity index (χ2n) is 8.33. The molecule has 2 aromatic heterocycles. The van der Waals surface area contributed by atoms with Gasteiger partial charge in [0.1, 0.15) is 5.69 Å². The van der Waals surface area contributed by atoms with Crippen molar-refractivity contribution in [3.8, 4) is 0 Å². The third-order valence-electron chi connectivity index (χ3n) is 5.14. The Morgan fingerprint density at radius 1 is 1.11 bits per heavy atom. The lowest BCUT2D eigenvalue weighted by Crippen LogP contribution is -2.51. The molecule has 0 atom stereocenters. The molecule has 0 spiro atoms. The fourth-order valence-corrected chi connectivity index (χ4v) is 5.07. The van der Waals surface area contributed by atoms with Gasteiger partial charge in [-0.3, -0.25) is 4.79 Å². The number of sulfonamides is 1. The first-order chi connectivity index (χ1) is 12.7. The molecule has 4 rings (SSSR count). The number of nitrogens with zero attached hydrogens (tertiary/aromatic N) is 5. The Morgan fingerprint density at radius 3 is 2.37 bits per heavy atom. The number of amides is 1. The summed E-state index contributed by atoms with van der Waals surface area (Å²) in [5.74, 6) is -0.175. The average Bonchev–Trinajstić information content (AvgIpc) is 3.39. The second kappa shape index (κ2) is 6.27. The number of rotatable bonds is 3. The first-order valence-electron chi connectivity index (χ1n) is 9.31. The molecule has 0 aromatic carbocycles. The van der Waals surface area contributed by atoms with Gasteiger partial charge in [-0.1, -0.05) is 20.8 Å². The number of imidazole rings is 1. The minimum atomic E-state index is -3.18. The Hall–Kier alpha value is -2.00. The van der Waals surface area contributed by atoms with Gasteiger partial charge in [-0.25, -0.2) is 17.9 Å². The largest absolute Gasteiger partial charge is 0.335 e. The monoisotopic (exact) mass is 391 g/mol. The summed E-state index contributed by atoms with van der Waals surface area (Å²) in [4.78, 5) is 19.0. The molecular formula is C18H25N5O3S. The molecule has 2 aliphatic rings. The molecule has 146 valence electrons. The van der Waals surface area contributed by atoms with E-state index in [1.165, 1.54) is 4.31 Å². The van der Waals surface area contributed by atoms with Gasteiger partial charge in [0.2, 0.25) is 10.0 Å². The van der Waals surface area contributed by atoms with E-state index in [-0.39, 0.29) is 16.6 Å². The van der Waals surface area contributed by atoms with Crippen molar-refractivity contribution in [2.45, 2.75) is 44.3 Å². The van der Waals surface area contributed by atoms with Crippen molar-refractivity contribution in [2.75, 3.05) is 26.2 Å². The summed E-state index contributed by atoms with van der Waals surface area (Å²) in [6, 6.07) is 3.48. The van der Waals surface area contributed by atoms with E-state index in [4.69, 9.17) is 0 Å². The van der Waals surface area contributed by atoms with Gasteiger partial charge in [-0.2, -0.15) is 9.40 Å². The van der Waals surface area contributed by atoms with E-state index in [1.807, 2.05) is 6.20 Å². The van der Waals surface area contributed by atoms with Crippen molar-refractivity contribution in [3.63, 3.8) is 0 Å². The van der Waals surface area contributed by atoms with Crippen LogP contribution in [0, 0.1) is 0 Å². The van der Waals surface area contributed by atoms with Crippen molar-refractivity contribution in [3.05, 3.63) is 29.7 Å². The van der Waals surface area contributed by atoms with Gasteiger partial charge < -0.3 is 4.90 Å². The lowest BCUT2D eigenvalue weighted by molar-refractivity contribution is 0.0690. The smallest absolute Gasteiger partial charge is 0.274 e. The predicted molar refractivity (Wildman–Crippen MR) is 101 cm³/mol. The van der Waals surface area contributed by atoms with Gasteiger partial charge >= 0.3 is 0 Å². The summed E-state index contributed by atoms with van der Waals surface area (Å²) < 4.78 is 27.8. The predicted octanol–water partition coefficient (Wildman–Crippen LogP) is 1.28. The lowest BCUT2D eigenvalue weighted by atomic mass is 9.93. The maximum atomic E-state index is 12.8. The van der Waals surface area contributed by atoms with Crippen molar-refractivity contribution in [2.24, 2.45) is 0 Å². The summed E-state index contributed by atoms with van der Waals surface area (Å²) in [5.41, 5.74) is 1.87. The van der Waals surface area contributed by atoms with Crippen LogP contribution in [-0.2, 0) is 15.4 Å². The van der Waals surface area contributed by atoms with E-state index in [0.717, 1.165) is 18.5 Å². The van der Waals surface area contributed by atoms with Crippen LogP contribution in [0.3, 0.4) is 0 Å². The van der Waals surface area contributed by atoms with Crippen molar-refractivity contribution < 1.29 is 13.2 Å². The Balaban J connectivity index is 1.48. The van der Waals surface area contributed by atoms with Crippen LogP contribution in [0.1, 0.15) is 49.8 Å². The van der Waals surface area contributed by atoms with E-state index < -0.39 is 10.0 Å². The van der Waals surface area contributed by atoms with Gasteiger partial charge in [-0.15, -0.1) is 0 Å². The Kier molecular flexibility index (Phi) is 4.27. The van der Waals surface area contributed by atoms with Crippen molar-refractivity contribution in [1.82, 2.24) is 23.8 Å². The fourth-order valence-electron chi connectivity index (χ4n) is 3.24. The van der Waals surface area contributed by atoms with Crippen LogP contribution in [0.5, 0.6) is 0 Å². The molecule has 9 heteroatoms. The molecule has 3 heterocycles. The van der Waals surface area contributed by atoms with Gasteiger partial charge in [0.15, 0.2) is 5.65 Å². The van der Waals surface area contributed by atoms with Crippen LogP contribution in [0.25, 0.3) is 5.65 Å². The van der Waals surface area contributed by atoms with Crippen LogP contribution < -0.4 is 0 Å². The zero-order valence-corrected chi connectivity index (χ0v) is 16.7. The Bertz CT molecular complexity index is 980. The Labute approximate surface area is 159 Å². The van der Waals surface area contributed by atoms with E-state index in [1.54, 1.807) is 21.5 Å². The fraction of sp³-hybridized carbons (Fsp3) is 0.611. The topological polar surface area (TPSA) is 87.9 Å². The molecule has 1 saturated heterocycles. The molecule has 1 aliphatic carbocycles. The molecule has 2 fully saturated rings. The molecule has 2 aromatic rings. The van der Waals surface area contributed by atoms with Crippen LogP contribution in [-0.4, -0.2) is 69.6 Å². The highest BCUT2D eigenvalue weighted by molar-refractivity contribution is 7.90. The molecule has 0 N–H and O–H groups in total. The number of piperazine rings is 1. The summed E-state index contributed by atoms with van der Waals surface area (Å²) in [6.07, 6.45) is 3.37. The van der Waals surface area contributed by atoms with Crippen LogP contribution in [0.15, 0.2) is 18.3 Å². The maximum absolute atomic E-state index is 12.8. The van der Waals surface area contributed by atoms with E-state index in [2.05, 4.69) is 30.9 Å². The first-order valence-corrected chi connectivity index (χ1v) is 10.8. The second-order valence-corrected chi connectivity index (χ2v) is 10.5. The SMILES string of the molecule is CC(C)(C)c1cn2nc(C(=O)N3CCN(S(=O)(=O)C4CC4)CC3)ccc2n1. The molecule has 27 heavy (non-hydrogen) atoms. The summed E-state index contributed by atoms with van der Waals surface area (Å²) in [6.45, 7) is 7.73. The zero-order valence-electron chi connectivity index (χ0n) is 15.9. The van der Waals surface area contributed by atoms with Crippen molar-refractivity contribution in [1.29, 1.82) is 0 Å². The van der Waals surface area contributed by atoms with Gasteiger partial charge in [0.05, 0.1) is 17.1 Å². The minimum absolute atomic E-state index is 0.0960. The summed E-state index contributed by atoms with van der Waals surface area (Å²) in [5, 5.41) is 4.22. The highest BCUT2D eigenvalue weighted by Crippen LogP contribution is 2.31. The third-order valence-corrected chi connectivity index (χ3v) is 7.54. The maximum Gasteiger partial charge on any atom is 0.274 e. The number of hydrogen-bond acceptors (Lipinski definition) is 5.